The quantitative estimate of drug-likeness (QED) is 0.401. The van der Waals surface area contributed by atoms with Gasteiger partial charge in [0.2, 0.25) is 5.75 Å². The van der Waals surface area contributed by atoms with Gasteiger partial charge in [0.25, 0.3) is 11.8 Å². The number of amides is 2. The second kappa shape index (κ2) is 8.05. The molecule has 2 aromatic heterocycles. The van der Waals surface area contributed by atoms with Crippen LogP contribution in [0.3, 0.4) is 0 Å². The van der Waals surface area contributed by atoms with E-state index in [0.717, 1.165) is 23.1 Å². The van der Waals surface area contributed by atoms with Gasteiger partial charge in [0.15, 0.2) is 17.1 Å². The molecule has 0 saturated heterocycles. The van der Waals surface area contributed by atoms with E-state index in [1.54, 1.807) is 6.92 Å². The van der Waals surface area contributed by atoms with E-state index >= 15 is 0 Å². The molecule has 0 fully saturated rings. The molecule has 4 aromatic rings. The molecular weight excluding hydrogens is 462 g/mol. The molecule has 0 bridgehead atoms. The molecule has 11 heteroatoms. The van der Waals surface area contributed by atoms with Gasteiger partial charge in [-0.2, -0.15) is 5.10 Å². The average Bonchev–Trinajstić information content (AvgIpc) is 3.30. The Hall–Kier alpha value is -4.54. The largest absolute Gasteiger partial charge is 0.493 e. The molecule has 0 aliphatic carbocycles. The van der Waals surface area contributed by atoms with Crippen molar-refractivity contribution in [3.63, 3.8) is 0 Å². The van der Waals surface area contributed by atoms with E-state index in [-0.39, 0.29) is 39.6 Å². The first-order valence-electron chi connectivity index (χ1n) is 10.3. The van der Waals surface area contributed by atoms with E-state index in [0.29, 0.717) is 16.8 Å². The molecule has 0 atom stereocenters. The third kappa shape index (κ3) is 3.27. The Morgan fingerprint density at radius 2 is 1.46 bits per heavy atom. The van der Waals surface area contributed by atoms with Crippen molar-refractivity contribution in [2.45, 2.75) is 6.92 Å². The van der Waals surface area contributed by atoms with Gasteiger partial charge >= 0.3 is 0 Å². The second-order valence-corrected chi connectivity index (χ2v) is 7.70. The van der Waals surface area contributed by atoms with Gasteiger partial charge in [-0.25, -0.2) is 23.3 Å². The zero-order valence-corrected chi connectivity index (χ0v) is 19.1. The number of pyridine rings is 1. The minimum absolute atomic E-state index is 0.0734. The van der Waals surface area contributed by atoms with Crippen LogP contribution in [0.2, 0.25) is 0 Å². The van der Waals surface area contributed by atoms with Crippen molar-refractivity contribution in [2.24, 2.45) is 0 Å². The number of hydrogen-bond donors (Lipinski definition) is 0. The number of anilines is 1. The van der Waals surface area contributed by atoms with Crippen molar-refractivity contribution >= 4 is 28.5 Å². The molecule has 3 heterocycles. The Kier molecular flexibility index (Phi) is 5.12. The maximum atomic E-state index is 13.8. The fourth-order valence-corrected chi connectivity index (χ4v) is 4.23. The van der Waals surface area contributed by atoms with Crippen LogP contribution >= 0.6 is 0 Å². The van der Waals surface area contributed by atoms with E-state index in [4.69, 9.17) is 14.2 Å². The number of carbonyl (C=O) groups is 2. The average molecular weight is 480 g/mol. The van der Waals surface area contributed by atoms with Crippen LogP contribution in [-0.4, -0.2) is 47.9 Å². The molecule has 0 saturated carbocycles. The molecule has 1 aliphatic heterocycles. The summed E-state index contributed by atoms with van der Waals surface area (Å²) in [6, 6.07) is 5.90. The summed E-state index contributed by atoms with van der Waals surface area (Å²) >= 11 is 0. The van der Waals surface area contributed by atoms with Crippen LogP contribution in [0.5, 0.6) is 17.2 Å². The molecule has 5 rings (SSSR count). The second-order valence-electron chi connectivity index (χ2n) is 7.70. The number of imide groups is 1. The highest BCUT2D eigenvalue weighted by Gasteiger charge is 2.40. The first kappa shape index (κ1) is 22.3. The van der Waals surface area contributed by atoms with E-state index in [2.05, 4.69) is 10.1 Å². The lowest BCUT2D eigenvalue weighted by molar-refractivity contribution is 0.0926. The summed E-state index contributed by atoms with van der Waals surface area (Å²) in [5.74, 6) is -1.96. The topological polar surface area (TPSA) is 95.8 Å². The molecule has 2 aromatic carbocycles. The summed E-state index contributed by atoms with van der Waals surface area (Å²) in [5, 5.41) is 4.64. The maximum absolute atomic E-state index is 13.8. The third-order valence-electron chi connectivity index (χ3n) is 5.72. The normalized spacial score (nSPS) is 12.9. The van der Waals surface area contributed by atoms with Crippen molar-refractivity contribution in [3.05, 3.63) is 65.0 Å². The van der Waals surface area contributed by atoms with E-state index < -0.39 is 23.4 Å². The zero-order chi connectivity index (χ0) is 25.0. The highest BCUT2D eigenvalue weighted by Crippen LogP contribution is 2.43. The summed E-state index contributed by atoms with van der Waals surface area (Å²) < 4.78 is 44.9. The highest BCUT2D eigenvalue weighted by atomic mass is 19.1. The molecule has 0 N–H and O–H groups in total. The van der Waals surface area contributed by atoms with Gasteiger partial charge < -0.3 is 14.2 Å². The van der Waals surface area contributed by atoms with E-state index in [9.17, 15) is 18.4 Å². The Balaban J connectivity index is 1.69. The van der Waals surface area contributed by atoms with Crippen molar-refractivity contribution in [2.75, 3.05) is 26.2 Å². The minimum atomic E-state index is -0.790. The lowest BCUT2D eigenvalue weighted by Gasteiger charge is -2.18. The molecule has 9 nitrogen and oxygen atoms in total. The number of halogens is 2. The molecule has 35 heavy (non-hydrogen) atoms. The maximum Gasteiger partial charge on any atom is 0.267 e. The number of nitrogens with zero attached hydrogens (tertiary/aromatic N) is 4. The van der Waals surface area contributed by atoms with Gasteiger partial charge in [0.05, 0.1) is 54.9 Å². The van der Waals surface area contributed by atoms with E-state index in [1.807, 2.05) is 0 Å². The fraction of sp³-hybridized carbons (Fsp3) is 0.167. The molecule has 178 valence electrons. The lowest BCUT2D eigenvalue weighted by atomic mass is 10.1. The molecule has 0 unspecified atom stereocenters. The third-order valence-corrected chi connectivity index (χ3v) is 5.72. The number of carbonyl (C=O) groups excluding carboxylic acids is 2. The number of methoxy groups -OCH3 is 3. The van der Waals surface area contributed by atoms with Crippen LogP contribution in [0.25, 0.3) is 16.7 Å². The summed E-state index contributed by atoms with van der Waals surface area (Å²) in [7, 11) is 4.28. The standard InChI is InChI=1S/C24H18F2N4O5/c1-11-19-20-16(10-27-22(19)30(28-11)15-6-12(25)5-13(26)7-15)23(31)29(24(20)32)14-8-17(33-2)21(35-4)18(9-14)34-3/h5-10H,1-4H3. The van der Waals surface area contributed by atoms with Gasteiger partial charge in [-0.1, -0.05) is 0 Å². The summed E-state index contributed by atoms with van der Waals surface area (Å²) in [6.45, 7) is 1.62. The van der Waals surface area contributed by atoms with Crippen LogP contribution in [0.4, 0.5) is 14.5 Å². The van der Waals surface area contributed by atoms with Gasteiger partial charge in [0, 0.05) is 24.4 Å². The highest BCUT2D eigenvalue weighted by molar-refractivity contribution is 6.37. The first-order chi connectivity index (χ1) is 16.8. The molecule has 1 aliphatic rings. The summed E-state index contributed by atoms with van der Waals surface area (Å²) in [4.78, 5) is 32.2. The summed E-state index contributed by atoms with van der Waals surface area (Å²) in [5.41, 5.74) is 1.00. The SMILES string of the molecule is COc1cc(N2C(=O)c3cnc4c(c(C)nn4-c4cc(F)cc(F)c4)c3C2=O)cc(OC)c1OC. The monoisotopic (exact) mass is 480 g/mol. The van der Waals surface area contributed by atoms with Gasteiger partial charge in [-0.3, -0.25) is 9.59 Å². The van der Waals surface area contributed by atoms with Crippen molar-refractivity contribution in [1.82, 2.24) is 14.8 Å². The van der Waals surface area contributed by atoms with Gasteiger partial charge in [-0.15, -0.1) is 0 Å². The van der Waals surface area contributed by atoms with Crippen molar-refractivity contribution in [1.29, 1.82) is 0 Å². The van der Waals surface area contributed by atoms with Crippen molar-refractivity contribution < 1.29 is 32.6 Å². The number of fused-ring (bicyclic) bond motifs is 3. The zero-order valence-electron chi connectivity index (χ0n) is 19.1. The number of ether oxygens (including phenoxy) is 3. The van der Waals surface area contributed by atoms with Crippen LogP contribution in [0.1, 0.15) is 26.4 Å². The minimum Gasteiger partial charge on any atom is -0.493 e. The Morgan fingerprint density at radius 1 is 0.829 bits per heavy atom. The van der Waals surface area contributed by atoms with Crippen LogP contribution in [-0.2, 0) is 0 Å². The van der Waals surface area contributed by atoms with Gasteiger partial charge in [0.1, 0.15) is 11.6 Å². The summed E-state index contributed by atoms with van der Waals surface area (Å²) in [6.07, 6.45) is 1.25. The lowest BCUT2D eigenvalue weighted by Crippen LogP contribution is -2.29. The Bertz CT molecular complexity index is 1500. The predicted octanol–water partition coefficient (Wildman–Crippen LogP) is 3.83. The number of aryl methyl sites for hydroxylation is 1. The number of benzene rings is 2. The molecule has 0 spiro atoms. The number of hydrogen-bond acceptors (Lipinski definition) is 7. The molecule has 0 radical (unpaired) electrons. The Morgan fingerprint density at radius 3 is 2.03 bits per heavy atom. The van der Waals surface area contributed by atoms with Crippen LogP contribution in [0, 0.1) is 18.6 Å². The molecule has 2 amide bonds. The number of aromatic nitrogens is 3. The molecular formula is C24H18F2N4O5. The van der Waals surface area contributed by atoms with Gasteiger partial charge in [-0.05, 0) is 19.1 Å². The fourth-order valence-electron chi connectivity index (χ4n) is 4.23. The predicted molar refractivity (Wildman–Crippen MR) is 121 cm³/mol. The smallest absolute Gasteiger partial charge is 0.267 e. The van der Waals surface area contributed by atoms with Crippen molar-refractivity contribution in [3.8, 4) is 22.9 Å². The Labute approximate surface area is 197 Å². The van der Waals surface area contributed by atoms with Crippen LogP contribution in [0.15, 0.2) is 36.5 Å². The number of rotatable bonds is 5. The first-order valence-corrected chi connectivity index (χ1v) is 10.3. The van der Waals surface area contributed by atoms with Crippen LogP contribution < -0.4 is 19.1 Å². The van der Waals surface area contributed by atoms with E-state index in [1.165, 1.54) is 44.3 Å².